The van der Waals surface area contributed by atoms with Crippen LogP contribution in [0.5, 0.6) is 17.2 Å². The largest absolute Gasteiger partial charge is 0.493 e. The zero-order valence-corrected chi connectivity index (χ0v) is 24.3. The van der Waals surface area contributed by atoms with Crippen LogP contribution in [0.4, 0.5) is 0 Å². The maximum atomic E-state index is 13.9. The molecule has 1 aliphatic rings. The van der Waals surface area contributed by atoms with Crippen molar-refractivity contribution in [2.24, 2.45) is 4.99 Å². The Labute approximate surface area is 233 Å². The summed E-state index contributed by atoms with van der Waals surface area (Å²) in [6.07, 6.45) is 2.58. The van der Waals surface area contributed by atoms with Gasteiger partial charge in [-0.1, -0.05) is 36.5 Å². The molecule has 2 heterocycles. The van der Waals surface area contributed by atoms with Gasteiger partial charge in [-0.2, -0.15) is 0 Å². The monoisotopic (exact) mass is 600 g/mol. The lowest BCUT2D eigenvalue weighted by molar-refractivity contribution is -0.136. The van der Waals surface area contributed by atoms with Crippen LogP contribution in [0.15, 0.2) is 61.9 Å². The SMILES string of the molecule is CCCOc1c(OC)cccc1C1C(C(=O)OC)=C(C)N=c2s/c(=C/c3ccc(OCC)c(Br)c3)c(=O)n21. The van der Waals surface area contributed by atoms with Gasteiger partial charge in [-0.3, -0.25) is 9.36 Å². The Balaban J connectivity index is 1.96. The molecular formula is C28H29BrN2O6S. The van der Waals surface area contributed by atoms with E-state index >= 15 is 0 Å². The number of benzene rings is 2. The van der Waals surface area contributed by atoms with Crippen molar-refractivity contribution in [2.45, 2.75) is 33.2 Å². The first-order valence-electron chi connectivity index (χ1n) is 12.2. The Morgan fingerprint density at radius 2 is 1.95 bits per heavy atom. The highest BCUT2D eigenvalue weighted by atomic mass is 79.9. The van der Waals surface area contributed by atoms with Crippen molar-refractivity contribution in [2.75, 3.05) is 27.4 Å². The third-order valence-electron chi connectivity index (χ3n) is 5.95. The molecule has 1 atom stereocenters. The van der Waals surface area contributed by atoms with Crippen LogP contribution < -0.4 is 29.1 Å². The smallest absolute Gasteiger partial charge is 0.338 e. The molecule has 1 aliphatic heterocycles. The van der Waals surface area contributed by atoms with Crippen molar-refractivity contribution in [1.29, 1.82) is 0 Å². The van der Waals surface area contributed by atoms with Crippen molar-refractivity contribution in [3.05, 3.63) is 83.0 Å². The Bertz CT molecular complexity index is 1570. The van der Waals surface area contributed by atoms with E-state index < -0.39 is 12.0 Å². The average molecular weight is 602 g/mol. The number of methoxy groups -OCH3 is 2. The van der Waals surface area contributed by atoms with Crippen LogP contribution in [0.25, 0.3) is 6.08 Å². The zero-order chi connectivity index (χ0) is 27.4. The molecule has 4 rings (SSSR count). The van der Waals surface area contributed by atoms with Gasteiger partial charge in [-0.15, -0.1) is 0 Å². The quantitative estimate of drug-likeness (QED) is 0.339. The molecule has 0 amide bonds. The molecule has 8 nitrogen and oxygen atoms in total. The number of halogens is 1. The molecule has 3 aromatic rings. The normalized spacial score (nSPS) is 15.1. The van der Waals surface area contributed by atoms with E-state index in [1.165, 1.54) is 23.0 Å². The number of hydrogen-bond donors (Lipinski definition) is 0. The molecule has 200 valence electrons. The standard InChI is InChI=1S/C28H29BrN2O6S/c1-6-13-37-25-18(9-8-10-21(25)34-4)24-23(27(33)35-5)16(3)30-28-31(24)26(32)22(38-28)15-17-11-12-20(36-7-2)19(29)14-17/h8-12,14-15,24H,6-7,13H2,1-5H3/b22-15+. The number of ether oxygens (including phenoxy) is 4. The Morgan fingerprint density at radius 3 is 2.61 bits per heavy atom. The van der Waals surface area contributed by atoms with Crippen molar-refractivity contribution >= 4 is 39.3 Å². The molecule has 0 N–H and O–H groups in total. The van der Waals surface area contributed by atoms with E-state index in [2.05, 4.69) is 20.9 Å². The molecule has 0 bridgehead atoms. The summed E-state index contributed by atoms with van der Waals surface area (Å²) in [5.74, 6) is 1.14. The summed E-state index contributed by atoms with van der Waals surface area (Å²) in [5, 5.41) is 0. The molecule has 1 aromatic heterocycles. The van der Waals surface area contributed by atoms with Gasteiger partial charge in [0, 0.05) is 5.56 Å². The van der Waals surface area contributed by atoms with Crippen molar-refractivity contribution in [3.63, 3.8) is 0 Å². The van der Waals surface area contributed by atoms with E-state index in [9.17, 15) is 9.59 Å². The molecular weight excluding hydrogens is 572 g/mol. The number of esters is 1. The van der Waals surface area contributed by atoms with Crippen molar-refractivity contribution in [1.82, 2.24) is 4.57 Å². The molecule has 1 unspecified atom stereocenters. The number of rotatable bonds is 9. The van der Waals surface area contributed by atoms with E-state index in [0.29, 0.717) is 45.3 Å². The van der Waals surface area contributed by atoms with Crippen LogP contribution in [0.2, 0.25) is 0 Å². The molecule has 0 aliphatic carbocycles. The Kier molecular flexibility index (Phi) is 8.73. The second-order valence-electron chi connectivity index (χ2n) is 8.42. The Hall–Kier alpha value is -3.37. The first-order chi connectivity index (χ1) is 18.3. The first kappa shape index (κ1) is 27.7. The fourth-order valence-electron chi connectivity index (χ4n) is 4.29. The van der Waals surface area contributed by atoms with E-state index in [0.717, 1.165) is 22.2 Å². The number of carbonyl (C=O) groups excluding carboxylic acids is 1. The van der Waals surface area contributed by atoms with Crippen LogP contribution in [0.1, 0.15) is 44.4 Å². The van der Waals surface area contributed by atoms with E-state index in [1.807, 2.05) is 44.2 Å². The minimum Gasteiger partial charge on any atom is -0.493 e. The third-order valence-corrected chi connectivity index (χ3v) is 7.56. The van der Waals surface area contributed by atoms with E-state index in [-0.39, 0.29) is 11.1 Å². The fraction of sp³-hybridized carbons (Fsp3) is 0.321. The number of carbonyl (C=O) groups is 1. The number of allylic oxidation sites excluding steroid dienone is 1. The molecule has 10 heteroatoms. The minimum atomic E-state index is -0.810. The summed E-state index contributed by atoms with van der Waals surface area (Å²) in [7, 11) is 2.87. The minimum absolute atomic E-state index is 0.268. The highest BCUT2D eigenvalue weighted by Gasteiger charge is 2.35. The van der Waals surface area contributed by atoms with Crippen LogP contribution in [0, 0.1) is 0 Å². The lowest BCUT2D eigenvalue weighted by Gasteiger charge is -2.26. The lowest BCUT2D eigenvalue weighted by atomic mass is 9.94. The third kappa shape index (κ3) is 5.28. The second-order valence-corrected chi connectivity index (χ2v) is 10.3. The number of nitrogens with zero attached hydrogens (tertiary/aromatic N) is 2. The van der Waals surface area contributed by atoms with Gasteiger partial charge in [0.2, 0.25) is 0 Å². The van der Waals surface area contributed by atoms with Gasteiger partial charge in [-0.25, -0.2) is 9.79 Å². The molecule has 0 radical (unpaired) electrons. The van der Waals surface area contributed by atoms with Gasteiger partial charge in [0.05, 0.1) is 47.7 Å². The molecule has 2 aromatic carbocycles. The fourth-order valence-corrected chi connectivity index (χ4v) is 5.84. The lowest BCUT2D eigenvalue weighted by Crippen LogP contribution is -2.40. The second kappa shape index (κ2) is 12.0. The number of aromatic nitrogens is 1. The number of hydrogen-bond acceptors (Lipinski definition) is 8. The topological polar surface area (TPSA) is 88.4 Å². The first-order valence-corrected chi connectivity index (χ1v) is 13.8. The van der Waals surface area contributed by atoms with Gasteiger partial charge in [-0.05, 0) is 66.0 Å². The zero-order valence-electron chi connectivity index (χ0n) is 21.9. The van der Waals surface area contributed by atoms with E-state index in [4.69, 9.17) is 18.9 Å². The molecule has 0 saturated heterocycles. The van der Waals surface area contributed by atoms with Crippen LogP contribution in [-0.4, -0.2) is 38.0 Å². The number of fused-ring (bicyclic) bond motifs is 1. The average Bonchev–Trinajstić information content (AvgIpc) is 3.21. The number of thiazole rings is 1. The highest BCUT2D eigenvalue weighted by molar-refractivity contribution is 9.10. The highest BCUT2D eigenvalue weighted by Crippen LogP contribution is 2.40. The van der Waals surface area contributed by atoms with Crippen LogP contribution in [-0.2, 0) is 9.53 Å². The van der Waals surface area contributed by atoms with Crippen LogP contribution >= 0.6 is 27.3 Å². The van der Waals surface area contributed by atoms with Gasteiger partial charge in [0.1, 0.15) is 11.8 Å². The summed E-state index contributed by atoms with van der Waals surface area (Å²) in [6.45, 7) is 6.65. The molecule has 38 heavy (non-hydrogen) atoms. The van der Waals surface area contributed by atoms with Gasteiger partial charge < -0.3 is 18.9 Å². The summed E-state index contributed by atoms with van der Waals surface area (Å²) >= 11 is 4.79. The van der Waals surface area contributed by atoms with Gasteiger partial charge in [0.15, 0.2) is 16.3 Å². The van der Waals surface area contributed by atoms with Gasteiger partial charge in [0.25, 0.3) is 5.56 Å². The molecule has 0 saturated carbocycles. The number of para-hydroxylation sites is 1. The Morgan fingerprint density at radius 1 is 1.16 bits per heavy atom. The summed E-state index contributed by atoms with van der Waals surface area (Å²) < 4.78 is 25.2. The van der Waals surface area contributed by atoms with Gasteiger partial charge >= 0.3 is 5.97 Å². The van der Waals surface area contributed by atoms with E-state index in [1.54, 1.807) is 26.2 Å². The molecule has 0 fully saturated rings. The van der Waals surface area contributed by atoms with Crippen molar-refractivity contribution < 1.29 is 23.7 Å². The maximum absolute atomic E-state index is 13.9. The predicted octanol–water partition coefficient (Wildman–Crippen LogP) is 4.37. The summed E-state index contributed by atoms with van der Waals surface area (Å²) in [5.41, 5.74) is 1.90. The van der Waals surface area contributed by atoms with Crippen molar-refractivity contribution in [3.8, 4) is 17.2 Å². The molecule has 0 spiro atoms. The van der Waals surface area contributed by atoms with Crippen LogP contribution in [0.3, 0.4) is 0 Å². The predicted molar refractivity (Wildman–Crippen MR) is 150 cm³/mol. The summed E-state index contributed by atoms with van der Waals surface area (Å²) in [6, 6.07) is 10.3. The maximum Gasteiger partial charge on any atom is 0.338 e. The summed E-state index contributed by atoms with van der Waals surface area (Å²) in [4.78, 5) is 32.0.